The second kappa shape index (κ2) is 8.03. The van der Waals surface area contributed by atoms with Crippen molar-refractivity contribution >= 4 is 23.0 Å². The fourth-order valence-corrected chi connectivity index (χ4v) is 3.62. The highest BCUT2D eigenvalue weighted by molar-refractivity contribution is 6.33. The normalized spacial score (nSPS) is 15.1. The molecule has 1 aliphatic heterocycles. The number of halogens is 1. The monoisotopic (exact) mass is 381 g/mol. The van der Waals surface area contributed by atoms with Crippen LogP contribution >= 0.6 is 11.6 Å². The van der Waals surface area contributed by atoms with E-state index >= 15 is 0 Å². The van der Waals surface area contributed by atoms with Crippen molar-refractivity contribution in [3.8, 4) is 11.3 Å². The lowest BCUT2D eigenvalue weighted by Crippen LogP contribution is -2.44. The number of benzene rings is 2. The van der Waals surface area contributed by atoms with Gasteiger partial charge in [0.15, 0.2) is 0 Å². The van der Waals surface area contributed by atoms with Crippen molar-refractivity contribution in [3.63, 3.8) is 0 Å². The first-order chi connectivity index (χ1) is 13.2. The topological polar surface area (TPSA) is 47.2 Å². The standard InChI is InChI=1S/C21H24ClN5/c1-26-9-11-27(12-10-26)20-8-7-17(13-18(20)22)23-15-21-24-14-19(25-21)16-5-3-2-4-6-16/h2-8,13-14,23H,9-12,15H2,1H3,(H,24,25). The number of rotatable bonds is 5. The van der Waals surface area contributed by atoms with Gasteiger partial charge in [-0.3, -0.25) is 0 Å². The third kappa shape index (κ3) is 4.26. The Morgan fingerprint density at radius 2 is 1.85 bits per heavy atom. The van der Waals surface area contributed by atoms with Gasteiger partial charge in [0.05, 0.1) is 29.1 Å². The molecule has 1 aromatic heterocycles. The van der Waals surface area contributed by atoms with Crippen LogP contribution in [0.25, 0.3) is 11.3 Å². The van der Waals surface area contributed by atoms with Gasteiger partial charge in [-0.2, -0.15) is 0 Å². The summed E-state index contributed by atoms with van der Waals surface area (Å²) in [6, 6.07) is 16.4. The zero-order valence-electron chi connectivity index (χ0n) is 15.5. The van der Waals surface area contributed by atoms with Crippen LogP contribution in [0.5, 0.6) is 0 Å². The van der Waals surface area contributed by atoms with E-state index in [0.717, 1.165) is 59.7 Å². The predicted molar refractivity (Wildman–Crippen MR) is 113 cm³/mol. The van der Waals surface area contributed by atoms with E-state index in [9.17, 15) is 0 Å². The fraction of sp³-hybridized carbons (Fsp3) is 0.286. The lowest BCUT2D eigenvalue weighted by molar-refractivity contribution is 0.313. The molecule has 0 unspecified atom stereocenters. The van der Waals surface area contributed by atoms with Gasteiger partial charge in [0, 0.05) is 31.9 Å². The smallest absolute Gasteiger partial charge is 0.125 e. The Kier molecular flexibility index (Phi) is 5.32. The first kappa shape index (κ1) is 17.9. The van der Waals surface area contributed by atoms with Crippen LogP contribution in [0.1, 0.15) is 5.82 Å². The van der Waals surface area contributed by atoms with Crippen LogP contribution in [0.4, 0.5) is 11.4 Å². The highest BCUT2D eigenvalue weighted by atomic mass is 35.5. The maximum absolute atomic E-state index is 6.55. The van der Waals surface area contributed by atoms with Gasteiger partial charge in [-0.25, -0.2) is 4.98 Å². The van der Waals surface area contributed by atoms with Gasteiger partial charge in [-0.1, -0.05) is 41.9 Å². The van der Waals surface area contributed by atoms with Gasteiger partial charge < -0.3 is 20.1 Å². The summed E-state index contributed by atoms with van der Waals surface area (Å²) in [5.41, 5.74) is 4.27. The minimum Gasteiger partial charge on any atom is -0.378 e. The molecule has 140 valence electrons. The SMILES string of the molecule is CN1CCN(c2ccc(NCc3ncc(-c4ccccc4)[nH]3)cc2Cl)CC1. The van der Waals surface area contributed by atoms with Crippen LogP contribution in [0.15, 0.2) is 54.7 Å². The van der Waals surface area contributed by atoms with Crippen LogP contribution < -0.4 is 10.2 Å². The van der Waals surface area contributed by atoms with Crippen LogP contribution in [0, 0.1) is 0 Å². The Morgan fingerprint density at radius 1 is 1.07 bits per heavy atom. The predicted octanol–water partition coefficient (Wildman–Crippen LogP) is 4.09. The second-order valence-electron chi connectivity index (χ2n) is 6.92. The molecule has 0 amide bonds. The average molecular weight is 382 g/mol. The molecule has 2 N–H and O–H groups in total. The van der Waals surface area contributed by atoms with E-state index in [-0.39, 0.29) is 0 Å². The zero-order chi connectivity index (χ0) is 18.6. The van der Waals surface area contributed by atoms with E-state index in [1.807, 2.05) is 30.5 Å². The quantitative estimate of drug-likeness (QED) is 0.698. The van der Waals surface area contributed by atoms with Crippen molar-refractivity contribution in [1.29, 1.82) is 0 Å². The van der Waals surface area contributed by atoms with Gasteiger partial charge in [0.2, 0.25) is 0 Å². The molecule has 6 heteroatoms. The third-order valence-corrected chi connectivity index (χ3v) is 5.27. The van der Waals surface area contributed by atoms with Gasteiger partial charge >= 0.3 is 0 Å². The number of piperazine rings is 1. The molecule has 2 heterocycles. The van der Waals surface area contributed by atoms with E-state index < -0.39 is 0 Å². The van der Waals surface area contributed by atoms with Crippen molar-refractivity contribution in [2.45, 2.75) is 6.54 Å². The Labute approximate surface area is 165 Å². The van der Waals surface area contributed by atoms with Gasteiger partial charge in [0.1, 0.15) is 5.82 Å². The third-order valence-electron chi connectivity index (χ3n) is 4.96. The molecule has 0 aliphatic carbocycles. The number of imidazole rings is 1. The first-order valence-electron chi connectivity index (χ1n) is 9.25. The van der Waals surface area contributed by atoms with Crippen LogP contribution in [0.3, 0.4) is 0 Å². The summed E-state index contributed by atoms with van der Waals surface area (Å²) in [6.07, 6.45) is 1.87. The van der Waals surface area contributed by atoms with Crippen molar-refractivity contribution in [1.82, 2.24) is 14.9 Å². The summed E-state index contributed by atoms with van der Waals surface area (Å²) < 4.78 is 0. The minimum atomic E-state index is 0.622. The second-order valence-corrected chi connectivity index (χ2v) is 7.33. The Hall–Kier alpha value is -2.50. The number of anilines is 2. The van der Waals surface area contributed by atoms with Gasteiger partial charge in [-0.15, -0.1) is 0 Å². The first-order valence-corrected chi connectivity index (χ1v) is 9.63. The van der Waals surface area contributed by atoms with Crippen LogP contribution in [-0.4, -0.2) is 48.1 Å². The molecular weight excluding hydrogens is 358 g/mol. The van der Waals surface area contributed by atoms with Gasteiger partial charge in [-0.05, 0) is 30.8 Å². The minimum absolute atomic E-state index is 0.622. The summed E-state index contributed by atoms with van der Waals surface area (Å²) in [5.74, 6) is 0.896. The number of nitrogens with zero attached hydrogens (tertiary/aromatic N) is 3. The lowest BCUT2D eigenvalue weighted by Gasteiger charge is -2.34. The number of aromatic amines is 1. The van der Waals surface area contributed by atoms with Gasteiger partial charge in [0.25, 0.3) is 0 Å². The van der Waals surface area contributed by atoms with Crippen molar-refractivity contribution in [2.75, 3.05) is 43.4 Å². The van der Waals surface area contributed by atoms with E-state index in [4.69, 9.17) is 11.6 Å². The zero-order valence-corrected chi connectivity index (χ0v) is 16.2. The molecule has 27 heavy (non-hydrogen) atoms. The number of hydrogen-bond acceptors (Lipinski definition) is 4. The van der Waals surface area contributed by atoms with Crippen LogP contribution in [-0.2, 0) is 6.54 Å². The summed E-state index contributed by atoms with van der Waals surface area (Å²) in [7, 11) is 2.16. The molecule has 3 aromatic rings. The molecule has 1 fully saturated rings. The molecule has 2 aromatic carbocycles. The lowest BCUT2D eigenvalue weighted by atomic mass is 10.2. The highest BCUT2D eigenvalue weighted by Crippen LogP contribution is 2.29. The summed E-state index contributed by atoms with van der Waals surface area (Å²) >= 11 is 6.55. The van der Waals surface area contributed by atoms with E-state index in [0.29, 0.717) is 6.54 Å². The number of aromatic nitrogens is 2. The van der Waals surface area contributed by atoms with Crippen molar-refractivity contribution in [3.05, 3.63) is 65.6 Å². The molecule has 0 saturated carbocycles. The summed E-state index contributed by atoms with van der Waals surface area (Å²) in [4.78, 5) is 12.5. The molecule has 0 radical (unpaired) electrons. The van der Waals surface area contributed by atoms with Crippen LogP contribution in [0.2, 0.25) is 5.02 Å². The van der Waals surface area contributed by atoms with Crippen molar-refractivity contribution < 1.29 is 0 Å². The molecule has 0 spiro atoms. The molecule has 0 atom stereocenters. The number of likely N-dealkylation sites (N-methyl/N-ethyl adjacent to an activating group) is 1. The maximum Gasteiger partial charge on any atom is 0.125 e. The van der Waals surface area contributed by atoms with Crippen molar-refractivity contribution in [2.24, 2.45) is 0 Å². The molecule has 1 saturated heterocycles. The average Bonchev–Trinajstić information content (AvgIpc) is 3.17. The number of H-pyrrole nitrogens is 1. The van der Waals surface area contributed by atoms with E-state index in [1.165, 1.54) is 0 Å². The Balaban J connectivity index is 1.39. The highest BCUT2D eigenvalue weighted by Gasteiger charge is 2.16. The molecular formula is C21H24ClN5. The molecule has 5 nitrogen and oxygen atoms in total. The molecule has 4 rings (SSSR count). The van der Waals surface area contributed by atoms with E-state index in [1.54, 1.807) is 0 Å². The Morgan fingerprint density at radius 3 is 2.59 bits per heavy atom. The number of hydrogen-bond donors (Lipinski definition) is 2. The largest absolute Gasteiger partial charge is 0.378 e. The van der Waals surface area contributed by atoms with E-state index in [2.05, 4.69) is 56.4 Å². The summed E-state index contributed by atoms with van der Waals surface area (Å²) in [6.45, 7) is 4.78. The fourth-order valence-electron chi connectivity index (χ4n) is 3.32. The number of nitrogens with one attached hydrogen (secondary N) is 2. The molecule has 0 bridgehead atoms. The maximum atomic E-state index is 6.55. The molecule has 1 aliphatic rings. The Bertz CT molecular complexity index is 885. The summed E-state index contributed by atoms with van der Waals surface area (Å²) in [5, 5.41) is 4.18.